The van der Waals surface area contributed by atoms with Gasteiger partial charge in [-0.3, -0.25) is 4.79 Å². The molecule has 1 aromatic carbocycles. The molecule has 1 aromatic heterocycles. The normalized spacial score (nSPS) is 18.1. The van der Waals surface area contributed by atoms with Gasteiger partial charge in [0.2, 0.25) is 0 Å². The molecule has 1 fully saturated rings. The van der Waals surface area contributed by atoms with Crippen LogP contribution in [0.15, 0.2) is 34.7 Å². The molecule has 0 aliphatic carbocycles. The third-order valence-electron chi connectivity index (χ3n) is 2.99. The number of hydrogen-bond donors (Lipinski definition) is 1. The first-order valence-corrected chi connectivity index (χ1v) is 5.55. The van der Waals surface area contributed by atoms with Crippen molar-refractivity contribution in [1.82, 2.24) is 4.90 Å². The van der Waals surface area contributed by atoms with Gasteiger partial charge in [-0.15, -0.1) is 0 Å². The van der Waals surface area contributed by atoms with E-state index in [1.54, 1.807) is 17.9 Å². The fraction of sp³-hybridized carbons (Fsp3) is 0.308. The number of para-hydroxylation sites is 1. The van der Waals surface area contributed by atoms with Gasteiger partial charge in [0.1, 0.15) is 5.58 Å². The summed E-state index contributed by atoms with van der Waals surface area (Å²) in [6.07, 6.45) is 0. The number of aliphatic hydroxyl groups is 1. The Labute approximate surface area is 98.4 Å². The maximum atomic E-state index is 12.0. The van der Waals surface area contributed by atoms with Crippen LogP contribution in [-0.4, -0.2) is 34.6 Å². The Morgan fingerprint density at radius 1 is 1.41 bits per heavy atom. The van der Waals surface area contributed by atoms with Crippen molar-refractivity contribution in [2.75, 3.05) is 13.1 Å². The first-order valence-electron chi connectivity index (χ1n) is 5.55. The van der Waals surface area contributed by atoms with E-state index in [0.717, 1.165) is 5.39 Å². The van der Waals surface area contributed by atoms with E-state index in [2.05, 4.69) is 0 Å². The van der Waals surface area contributed by atoms with Gasteiger partial charge in [0.05, 0.1) is 18.7 Å². The predicted octanol–water partition coefficient (Wildman–Crippen LogP) is 1.64. The zero-order valence-electron chi connectivity index (χ0n) is 9.51. The molecule has 0 atom stereocenters. The van der Waals surface area contributed by atoms with Crippen molar-refractivity contribution in [3.8, 4) is 0 Å². The molecule has 0 unspecified atom stereocenters. The lowest BCUT2D eigenvalue weighted by molar-refractivity contribution is -0.0677. The summed E-state index contributed by atoms with van der Waals surface area (Å²) in [6, 6.07) is 9.25. The molecule has 1 N–H and O–H groups in total. The standard InChI is InChI=1S/C13H13NO3/c1-13(16)7-14(8-13)12(15)11-6-9-4-2-3-5-10(9)17-11/h2-6,16H,7-8H2,1H3. The average molecular weight is 231 g/mol. The van der Waals surface area contributed by atoms with Crippen LogP contribution in [0, 0.1) is 0 Å². The molecule has 0 saturated carbocycles. The van der Waals surface area contributed by atoms with Gasteiger partial charge in [-0.25, -0.2) is 0 Å². The summed E-state index contributed by atoms with van der Waals surface area (Å²) in [5, 5.41) is 10.5. The van der Waals surface area contributed by atoms with Crippen molar-refractivity contribution in [3.63, 3.8) is 0 Å². The average Bonchev–Trinajstić information content (AvgIpc) is 2.68. The molecule has 2 heterocycles. The van der Waals surface area contributed by atoms with Gasteiger partial charge in [0, 0.05) is 5.39 Å². The third kappa shape index (κ3) is 1.70. The third-order valence-corrected chi connectivity index (χ3v) is 2.99. The van der Waals surface area contributed by atoms with Crippen LogP contribution in [0.5, 0.6) is 0 Å². The Bertz CT molecular complexity index is 544. The van der Waals surface area contributed by atoms with Crippen LogP contribution in [0.1, 0.15) is 17.5 Å². The van der Waals surface area contributed by atoms with Crippen molar-refractivity contribution >= 4 is 16.9 Å². The van der Waals surface area contributed by atoms with Gasteiger partial charge in [-0.2, -0.15) is 0 Å². The number of amides is 1. The number of rotatable bonds is 1. The number of nitrogens with zero attached hydrogens (tertiary/aromatic N) is 1. The molecule has 4 heteroatoms. The quantitative estimate of drug-likeness (QED) is 0.811. The summed E-state index contributed by atoms with van der Waals surface area (Å²) >= 11 is 0. The molecule has 3 rings (SSSR count). The number of carbonyl (C=O) groups excluding carboxylic acids is 1. The van der Waals surface area contributed by atoms with Crippen LogP contribution < -0.4 is 0 Å². The monoisotopic (exact) mass is 231 g/mol. The number of fused-ring (bicyclic) bond motifs is 1. The van der Waals surface area contributed by atoms with Gasteiger partial charge in [-0.1, -0.05) is 18.2 Å². The SMILES string of the molecule is CC1(O)CN(C(=O)c2cc3ccccc3o2)C1. The van der Waals surface area contributed by atoms with Crippen molar-refractivity contribution in [3.05, 3.63) is 36.1 Å². The second kappa shape index (κ2) is 3.34. The highest BCUT2D eigenvalue weighted by Crippen LogP contribution is 2.25. The highest BCUT2D eigenvalue weighted by Gasteiger charge is 2.40. The van der Waals surface area contributed by atoms with Crippen molar-refractivity contribution in [1.29, 1.82) is 0 Å². The van der Waals surface area contributed by atoms with Crippen LogP contribution >= 0.6 is 0 Å². The van der Waals surface area contributed by atoms with Crippen molar-refractivity contribution < 1.29 is 14.3 Å². The van der Waals surface area contributed by atoms with Crippen LogP contribution in [0.4, 0.5) is 0 Å². The molecule has 1 aliphatic heterocycles. The van der Waals surface area contributed by atoms with E-state index < -0.39 is 5.60 Å². The van der Waals surface area contributed by atoms with Gasteiger partial charge in [0.15, 0.2) is 5.76 Å². The largest absolute Gasteiger partial charge is 0.451 e. The molecule has 0 radical (unpaired) electrons. The Morgan fingerprint density at radius 2 is 2.12 bits per heavy atom. The molecular weight excluding hydrogens is 218 g/mol. The molecular formula is C13H13NO3. The number of β-amino-alcohol motifs (C(OH)–C–C–N with tert-alkyl or cyclic N) is 1. The van der Waals surface area contributed by atoms with Crippen LogP contribution in [-0.2, 0) is 0 Å². The van der Waals surface area contributed by atoms with Gasteiger partial charge >= 0.3 is 0 Å². The fourth-order valence-electron chi connectivity index (χ4n) is 2.16. The van der Waals surface area contributed by atoms with Gasteiger partial charge in [0.25, 0.3) is 5.91 Å². The van der Waals surface area contributed by atoms with Crippen LogP contribution in [0.25, 0.3) is 11.0 Å². The minimum atomic E-state index is -0.748. The van der Waals surface area contributed by atoms with E-state index >= 15 is 0 Å². The maximum Gasteiger partial charge on any atom is 0.289 e. The summed E-state index contributed by atoms with van der Waals surface area (Å²) in [4.78, 5) is 13.6. The number of carbonyl (C=O) groups is 1. The Kier molecular flexibility index (Phi) is 2.03. The molecule has 1 amide bonds. The molecule has 1 aliphatic rings. The Morgan fingerprint density at radius 3 is 2.76 bits per heavy atom. The minimum Gasteiger partial charge on any atom is -0.451 e. The molecule has 4 nitrogen and oxygen atoms in total. The highest BCUT2D eigenvalue weighted by atomic mass is 16.3. The predicted molar refractivity (Wildman–Crippen MR) is 62.7 cm³/mol. The number of hydrogen-bond acceptors (Lipinski definition) is 3. The van der Waals surface area contributed by atoms with Crippen LogP contribution in [0.3, 0.4) is 0 Å². The summed E-state index contributed by atoms with van der Waals surface area (Å²) in [7, 11) is 0. The summed E-state index contributed by atoms with van der Waals surface area (Å²) in [6.45, 7) is 2.45. The highest BCUT2D eigenvalue weighted by molar-refractivity contribution is 5.96. The second-order valence-electron chi connectivity index (χ2n) is 4.81. The number of benzene rings is 1. The first kappa shape index (κ1) is 10.4. The van der Waals surface area contributed by atoms with E-state index in [4.69, 9.17) is 4.42 Å². The first-order chi connectivity index (χ1) is 8.05. The number of likely N-dealkylation sites (tertiary alicyclic amines) is 1. The van der Waals surface area contributed by atoms with E-state index in [1.165, 1.54) is 0 Å². The second-order valence-corrected chi connectivity index (χ2v) is 4.81. The van der Waals surface area contributed by atoms with E-state index in [1.807, 2.05) is 24.3 Å². The Hall–Kier alpha value is -1.81. The molecule has 2 aromatic rings. The van der Waals surface area contributed by atoms with Gasteiger partial charge < -0.3 is 14.4 Å². The molecule has 17 heavy (non-hydrogen) atoms. The summed E-state index contributed by atoms with van der Waals surface area (Å²) in [5.74, 6) is 0.175. The maximum absolute atomic E-state index is 12.0. The van der Waals surface area contributed by atoms with Crippen molar-refractivity contribution in [2.45, 2.75) is 12.5 Å². The Balaban J connectivity index is 1.87. The zero-order chi connectivity index (χ0) is 12.0. The molecule has 0 spiro atoms. The van der Waals surface area contributed by atoms with Crippen molar-refractivity contribution in [2.24, 2.45) is 0 Å². The lowest BCUT2D eigenvalue weighted by atomic mass is 9.97. The summed E-state index contributed by atoms with van der Waals surface area (Å²) < 4.78 is 5.48. The molecule has 88 valence electrons. The molecule has 0 bridgehead atoms. The van der Waals surface area contributed by atoms with Gasteiger partial charge in [-0.05, 0) is 19.1 Å². The zero-order valence-corrected chi connectivity index (χ0v) is 9.51. The minimum absolute atomic E-state index is 0.160. The topological polar surface area (TPSA) is 53.7 Å². The van der Waals surface area contributed by atoms with E-state index in [-0.39, 0.29) is 5.91 Å². The van der Waals surface area contributed by atoms with E-state index in [0.29, 0.717) is 24.4 Å². The molecule has 1 saturated heterocycles. The fourth-order valence-corrected chi connectivity index (χ4v) is 2.16. The lowest BCUT2D eigenvalue weighted by Crippen LogP contribution is -2.61. The van der Waals surface area contributed by atoms with Crippen LogP contribution in [0.2, 0.25) is 0 Å². The van der Waals surface area contributed by atoms with E-state index in [9.17, 15) is 9.90 Å². The lowest BCUT2D eigenvalue weighted by Gasteiger charge is -2.43. The summed E-state index contributed by atoms with van der Waals surface area (Å²) in [5.41, 5.74) is -0.0371. The number of furan rings is 1. The smallest absolute Gasteiger partial charge is 0.289 e.